The van der Waals surface area contributed by atoms with Crippen molar-refractivity contribution < 1.29 is 9.53 Å². The molecule has 1 heterocycles. The lowest BCUT2D eigenvalue weighted by Gasteiger charge is -2.03. The van der Waals surface area contributed by atoms with Crippen LogP contribution in [-0.4, -0.2) is 29.4 Å². The van der Waals surface area contributed by atoms with Crippen molar-refractivity contribution >= 4 is 17.6 Å². The number of aromatic nitrogens is 2. The smallest absolute Gasteiger partial charge is 0.345 e. The number of anilines is 2. The summed E-state index contributed by atoms with van der Waals surface area (Å²) >= 11 is 0. The molecule has 1 aliphatic carbocycles. The second kappa shape index (κ2) is 5.61. The summed E-state index contributed by atoms with van der Waals surface area (Å²) in [6.45, 7) is 1.14. The van der Waals surface area contributed by atoms with Gasteiger partial charge in [-0.1, -0.05) is 0 Å². The van der Waals surface area contributed by atoms with Crippen LogP contribution in [0.15, 0.2) is 0 Å². The van der Waals surface area contributed by atoms with Crippen LogP contribution in [0.25, 0.3) is 0 Å². The predicted octanol–water partition coefficient (Wildman–Crippen LogP) is 0.987. The second-order valence-corrected chi connectivity index (χ2v) is 4.56. The molecular weight excluding hydrogens is 246 g/mol. The number of carbonyl (C=O) groups excluding carboxylic acids is 1. The molecule has 1 fully saturated rings. The van der Waals surface area contributed by atoms with Gasteiger partial charge >= 0.3 is 5.97 Å². The Morgan fingerprint density at radius 2 is 2.42 bits per heavy atom. The highest BCUT2D eigenvalue weighted by Gasteiger charge is 2.26. The zero-order valence-electron chi connectivity index (χ0n) is 10.8. The van der Waals surface area contributed by atoms with Gasteiger partial charge in [0, 0.05) is 6.54 Å². The molecule has 0 atom stereocenters. The molecule has 0 spiro atoms. The Kier molecular flexibility index (Phi) is 3.90. The first-order valence-corrected chi connectivity index (χ1v) is 6.22. The third-order valence-corrected chi connectivity index (χ3v) is 3.07. The van der Waals surface area contributed by atoms with E-state index in [9.17, 15) is 4.79 Å². The Hall–Kier alpha value is -2.23. The Morgan fingerprint density at radius 1 is 1.68 bits per heavy atom. The summed E-state index contributed by atoms with van der Waals surface area (Å²) in [6.07, 6.45) is 2.69. The van der Waals surface area contributed by atoms with Crippen molar-refractivity contribution in [3.05, 3.63) is 5.56 Å². The summed E-state index contributed by atoms with van der Waals surface area (Å²) < 4.78 is 6.18. The largest absolute Gasteiger partial charge is 0.465 e. The molecule has 0 bridgehead atoms. The lowest BCUT2D eigenvalue weighted by atomic mass is 10.3. The first kappa shape index (κ1) is 13.2. The molecule has 0 unspecified atom stereocenters. The number of hydrogen-bond acceptors (Lipinski definition) is 6. The Morgan fingerprint density at radius 3 is 3.00 bits per heavy atom. The zero-order valence-corrected chi connectivity index (χ0v) is 10.8. The van der Waals surface area contributed by atoms with Crippen molar-refractivity contribution in [2.24, 2.45) is 5.92 Å². The van der Waals surface area contributed by atoms with Gasteiger partial charge in [-0.25, -0.2) is 9.48 Å². The fourth-order valence-corrected chi connectivity index (χ4v) is 1.79. The highest BCUT2D eigenvalue weighted by molar-refractivity contribution is 5.99. The van der Waals surface area contributed by atoms with Gasteiger partial charge in [-0.05, 0) is 18.8 Å². The minimum absolute atomic E-state index is 0.236. The lowest BCUT2D eigenvalue weighted by molar-refractivity contribution is 0.0603. The Balaban J connectivity index is 2.21. The fourth-order valence-electron chi connectivity index (χ4n) is 1.79. The summed E-state index contributed by atoms with van der Waals surface area (Å²) in [6, 6.07) is 2.02. The molecule has 0 aliphatic heterocycles. The number of aryl methyl sites for hydroxylation is 1. The van der Waals surface area contributed by atoms with Crippen molar-refractivity contribution in [3.8, 4) is 6.07 Å². The lowest BCUT2D eigenvalue weighted by Crippen LogP contribution is -2.10. The number of nitrogen functional groups attached to an aromatic ring is 1. The van der Waals surface area contributed by atoms with Crippen LogP contribution in [0.3, 0.4) is 0 Å². The zero-order chi connectivity index (χ0) is 13.8. The van der Waals surface area contributed by atoms with Crippen LogP contribution in [0.5, 0.6) is 0 Å². The molecule has 1 aromatic rings. The van der Waals surface area contributed by atoms with Gasteiger partial charge in [0.25, 0.3) is 0 Å². The summed E-state index contributed by atoms with van der Waals surface area (Å²) in [5.74, 6) is 0.810. The van der Waals surface area contributed by atoms with Crippen LogP contribution in [0.4, 0.5) is 11.6 Å². The van der Waals surface area contributed by atoms with Crippen LogP contribution in [0.1, 0.15) is 29.6 Å². The highest BCUT2D eigenvalue weighted by Crippen LogP contribution is 2.30. The van der Waals surface area contributed by atoms with E-state index in [1.165, 1.54) is 24.6 Å². The third kappa shape index (κ3) is 2.96. The number of nitrogens with one attached hydrogen (secondary N) is 1. The minimum atomic E-state index is -0.515. The minimum Gasteiger partial charge on any atom is -0.465 e. The van der Waals surface area contributed by atoms with E-state index in [-0.39, 0.29) is 17.8 Å². The van der Waals surface area contributed by atoms with Crippen molar-refractivity contribution in [3.63, 3.8) is 0 Å². The molecule has 0 aromatic carbocycles. The summed E-state index contributed by atoms with van der Waals surface area (Å²) in [5.41, 5.74) is 6.14. The van der Waals surface area contributed by atoms with Gasteiger partial charge in [0.2, 0.25) is 0 Å². The van der Waals surface area contributed by atoms with E-state index in [0.29, 0.717) is 18.3 Å². The highest BCUT2D eigenvalue weighted by atomic mass is 16.5. The SMILES string of the molecule is COC(=O)c1c(NCC2CC2)nn(CCC#N)c1N. The molecule has 0 radical (unpaired) electrons. The Bertz CT molecular complexity index is 513. The number of nitriles is 1. The number of hydrogen-bond donors (Lipinski definition) is 2. The van der Waals surface area contributed by atoms with E-state index in [1.54, 1.807) is 0 Å². The quantitative estimate of drug-likeness (QED) is 0.741. The molecule has 0 amide bonds. The summed E-state index contributed by atoms with van der Waals surface area (Å²) in [5, 5.41) is 16.0. The van der Waals surface area contributed by atoms with Crippen LogP contribution < -0.4 is 11.1 Å². The Labute approximate surface area is 111 Å². The number of carbonyl (C=O) groups is 1. The fraction of sp³-hybridized carbons (Fsp3) is 0.583. The van der Waals surface area contributed by atoms with Crippen LogP contribution in [0, 0.1) is 17.2 Å². The maximum atomic E-state index is 11.7. The number of nitrogens with zero attached hydrogens (tertiary/aromatic N) is 3. The molecule has 7 nitrogen and oxygen atoms in total. The van der Waals surface area contributed by atoms with Crippen LogP contribution in [-0.2, 0) is 11.3 Å². The van der Waals surface area contributed by atoms with E-state index < -0.39 is 5.97 Å². The molecule has 3 N–H and O–H groups in total. The molecule has 1 aliphatic rings. The molecule has 0 saturated heterocycles. The van der Waals surface area contributed by atoms with Gasteiger partial charge in [0.05, 0.1) is 26.1 Å². The topological polar surface area (TPSA) is 106 Å². The molecule has 19 heavy (non-hydrogen) atoms. The van der Waals surface area contributed by atoms with Gasteiger partial charge < -0.3 is 15.8 Å². The molecule has 102 valence electrons. The molecule has 1 saturated carbocycles. The maximum Gasteiger partial charge on any atom is 0.345 e. The third-order valence-electron chi connectivity index (χ3n) is 3.07. The molecule has 7 heteroatoms. The summed E-state index contributed by atoms with van der Waals surface area (Å²) in [4.78, 5) is 11.7. The number of rotatable bonds is 6. The number of methoxy groups -OCH3 is 1. The maximum absolute atomic E-state index is 11.7. The molecule has 1 aromatic heterocycles. The van der Waals surface area contributed by atoms with Gasteiger partial charge in [0.15, 0.2) is 5.82 Å². The predicted molar refractivity (Wildman–Crippen MR) is 69.4 cm³/mol. The number of ether oxygens (including phenoxy) is 1. The van der Waals surface area contributed by atoms with Gasteiger partial charge in [-0.2, -0.15) is 10.4 Å². The standard InChI is InChI=1S/C12H17N5O2/c1-19-12(18)9-10(14)17(6-2-5-13)16-11(9)15-7-8-3-4-8/h8H,2-4,6-7,14H2,1H3,(H,15,16). The normalized spacial score (nSPS) is 13.9. The second-order valence-electron chi connectivity index (χ2n) is 4.56. The van der Waals surface area contributed by atoms with Gasteiger partial charge in [0.1, 0.15) is 11.4 Å². The average Bonchev–Trinajstić information content (AvgIpc) is 3.18. The van der Waals surface area contributed by atoms with Crippen molar-refractivity contribution in [2.45, 2.75) is 25.8 Å². The average molecular weight is 263 g/mol. The molecular formula is C12H17N5O2. The van der Waals surface area contributed by atoms with E-state index in [4.69, 9.17) is 15.7 Å². The van der Waals surface area contributed by atoms with E-state index in [0.717, 1.165) is 6.54 Å². The number of nitrogens with two attached hydrogens (primary N) is 1. The summed E-state index contributed by atoms with van der Waals surface area (Å²) in [7, 11) is 1.30. The molecule has 2 rings (SSSR count). The van der Waals surface area contributed by atoms with E-state index >= 15 is 0 Å². The van der Waals surface area contributed by atoms with Gasteiger partial charge in [-0.15, -0.1) is 0 Å². The van der Waals surface area contributed by atoms with Crippen LogP contribution in [0.2, 0.25) is 0 Å². The van der Waals surface area contributed by atoms with Crippen LogP contribution >= 0.6 is 0 Å². The van der Waals surface area contributed by atoms with Crippen molar-refractivity contribution in [1.29, 1.82) is 5.26 Å². The van der Waals surface area contributed by atoms with Crippen molar-refractivity contribution in [2.75, 3.05) is 24.7 Å². The van der Waals surface area contributed by atoms with Gasteiger partial charge in [-0.3, -0.25) is 0 Å². The number of esters is 1. The van der Waals surface area contributed by atoms with E-state index in [2.05, 4.69) is 10.4 Å². The first-order chi connectivity index (χ1) is 9.17. The van der Waals surface area contributed by atoms with E-state index in [1.807, 2.05) is 6.07 Å². The first-order valence-electron chi connectivity index (χ1n) is 6.22. The van der Waals surface area contributed by atoms with Crippen molar-refractivity contribution in [1.82, 2.24) is 9.78 Å². The monoisotopic (exact) mass is 263 g/mol.